The molecule has 0 spiro atoms. The lowest BCUT2D eigenvalue weighted by atomic mass is 9.97. The predicted molar refractivity (Wildman–Crippen MR) is 111 cm³/mol. The van der Waals surface area contributed by atoms with Gasteiger partial charge in [-0.25, -0.2) is 0 Å². The van der Waals surface area contributed by atoms with Gasteiger partial charge in [-0.05, 0) is 34.0 Å². The van der Waals surface area contributed by atoms with Crippen LogP contribution in [0.15, 0.2) is 64.8 Å². The zero-order valence-corrected chi connectivity index (χ0v) is 15.3. The highest BCUT2D eigenvalue weighted by molar-refractivity contribution is 8.15. The molecule has 1 heterocycles. The molecular formula is C21H19N3OS. The summed E-state index contributed by atoms with van der Waals surface area (Å²) in [5.41, 5.74) is 1.04. The van der Waals surface area contributed by atoms with Crippen molar-refractivity contribution in [1.29, 1.82) is 0 Å². The standard InChI is InChI=1S/C21H19N3OS/c1-2-7-19-20(25)23-21(26-19)24-22-13-18-16-10-5-3-8-14(16)12-15-9-4-6-11-17(15)18/h3-6,8-13,19H,2,7H2,1H3,(H,23,24,25)/b22-13-/t19-/m1/s1. The quantitative estimate of drug-likeness (QED) is 0.415. The molecular weight excluding hydrogens is 342 g/mol. The van der Waals surface area contributed by atoms with E-state index >= 15 is 0 Å². The number of nitrogens with one attached hydrogen (secondary N) is 1. The van der Waals surface area contributed by atoms with Crippen LogP contribution in [-0.4, -0.2) is 22.5 Å². The number of fused-ring (bicyclic) bond motifs is 2. The highest BCUT2D eigenvalue weighted by Gasteiger charge is 2.29. The van der Waals surface area contributed by atoms with E-state index in [0.29, 0.717) is 5.17 Å². The summed E-state index contributed by atoms with van der Waals surface area (Å²) in [6.07, 6.45) is 3.62. The van der Waals surface area contributed by atoms with E-state index in [0.717, 1.165) is 29.2 Å². The van der Waals surface area contributed by atoms with E-state index in [2.05, 4.69) is 52.8 Å². The molecule has 1 saturated heterocycles. The normalized spacial score (nSPS) is 19.0. The van der Waals surface area contributed by atoms with E-state index in [9.17, 15) is 4.79 Å². The third-order valence-electron chi connectivity index (χ3n) is 4.48. The van der Waals surface area contributed by atoms with E-state index < -0.39 is 0 Å². The van der Waals surface area contributed by atoms with Crippen molar-refractivity contribution in [2.24, 2.45) is 10.2 Å². The summed E-state index contributed by atoms with van der Waals surface area (Å²) in [6.45, 7) is 2.08. The number of benzene rings is 3. The van der Waals surface area contributed by atoms with E-state index in [1.807, 2.05) is 24.3 Å². The monoisotopic (exact) mass is 361 g/mol. The van der Waals surface area contributed by atoms with Gasteiger partial charge in [0.1, 0.15) is 0 Å². The Hall–Kier alpha value is -2.66. The number of carbonyl (C=O) groups excluding carboxylic acids is 1. The zero-order valence-electron chi connectivity index (χ0n) is 14.5. The molecule has 3 aromatic carbocycles. The second kappa shape index (κ2) is 7.30. The Morgan fingerprint density at radius 1 is 1.08 bits per heavy atom. The maximum Gasteiger partial charge on any atom is 0.239 e. The molecule has 0 unspecified atom stereocenters. The Bertz CT molecular complexity index is 988. The lowest BCUT2D eigenvalue weighted by Gasteiger charge is -2.07. The molecule has 0 bridgehead atoms. The Balaban J connectivity index is 1.71. The lowest BCUT2D eigenvalue weighted by molar-refractivity contribution is -0.118. The largest absolute Gasteiger partial charge is 0.303 e. The second-order valence-corrected chi connectivity index (χ2v) is 7.46. The van der Waals surface area contributed by atoms with Crippen LogP contribution in [0, 0.1) is 0 Å². The SMILES string of the molecule is CCC[C@H]1S/C(=N\N=C/c2c3ccccc3cc3ccccc23)NC1=O. The van der Waals surface area contributed by atoms with Gasteiger partial charge in [-0.3, -0.25) is 4.79 Å². The molecule has 1 atom stereocenters. The first-order valence-corrected chi connectivity index (χ1v) is 9.63. The number of thioether (sulfide) groups is 1. The van der Waals surface area contributed by atoms with Gasteiger partial charge in [-0.2, -0.15) is 5.10 Å². The summed E-state index contributed by atoms with van der Waals surface area (Å²) in [6, 6.07) is 18.7. The molecule has 0 aliphatic carbocycles. The van der Waals surface area contributed by atoms with E-state index in [4.69, 9.17) is 0 Å². The van der Waals surface area contributed by atoms with E-state index in [1.165, 1.54) is 22.5 Å². The average Bonchev–Trinajstić information content (AvgIpc) is 3.01. The Labute approximate surface area is 156 Å². The van der Waals surface area contributed by atoms with Crippen LogP contribution in [0.4, 0.5) is 0 Å². The van der Waals surface area contributed by atoms with Crippen LogP contribution in [0.2, 0.25) is 0 Å². The van der Waals surface area contributed by atoms with Gasteiger partial charge in [0.2, 0.25) is 5.91 Å². The molecule has 130 valence electrons. The molecule has 5 heteroatoms. The predicted octanol–water partition coefficient (Wildman–Crippen LogP) is 4.71. The van der Waals surface area contributed by atoms with Gasteiger partial charge in [-0.15, -0.1) is 5.10 Å². The van der Waals surface area contributed by atoms with Crippen LogP contribution in [0.5, 0.6) is 0 Å². The van der Waals surface area contributed by atoms with Crippen molar-refractivity contribution in [3.8, 4) is 0 Å². The minimum Gasteiger partial charge on any atom is -0.303 e. The molecule has 4 rings (SSSR count). The highest BCUT2D eigenvalue weighted by Crippen LogP contribution is 2.27. The van der Waals surface area contributed by atoms with Crippen LogP contribution < -0.4 is 5.32 Å². The van der Waals surface area contributed by atoms with Crippen molar-refractivity contribution >= 4 is 50.6 Å². The molecule has 0 aromatic heterocycles. The van der Waals surface area contributed by atoms with Crippen molar-refractivity contribution in [2.45, 2.75) is 25.0 Å². The number of carbonyl (C=O) groups is 1. The molecule has 1 N–H and O–H groups in total. The first-order chi connectivity index (χ1) is 12.8. The number of rotatable bonds is 4. The molecule has 1 aliphatic rings. The first-order valence-electron chi connectivity index (χ1n) is 8.75. The third-order valence-corrected chi connectivity index (χ3v) is 5.62. The number of hydrogen-bond acceptors (Lipinski definition) is 4. The van der Waals surface area contributed by atoms with Crippen molar-refractivity contribution in [3.63, 3.8) is 0 Å². The van der Waals surface area contributed by atoms with Crippen molar-refractivity contribution < 1.29 is 4.79 Å². The maximum atomic E-state index is 11.9. The van der Waals surface area contributed by atoms with Crippen molar-refractivity contribution in [2.75, 3.05) is 0 Å². The minimum atomic E-state index is -0.0488. The van der Waals surface area contributed by atoms with Gasteiger partial charge in [0.15, 0.2) is 5.17 Å². The topological polar surface area (TPSA) is 53.8 Å². The summed E-state index contributed by atoms with van der Waals surface area (Å²) in [5, 5.41) is 16.5. The first kappa shape index (κ1) is 16.8. The van der Waals surface area contributed by atoms with Gasteiger partial charge < -0.3 is 5.32 Å². The highest BCUT2D eigenvalue weighted by atomic mass is 32.2. The van der Waals surface area contributed by atoms with Gasteiger partial charge in [0, 0.05) is 5.56 Å². The lowest BCUT2D eigenvalue weighted by Crippen LogP contribution is -2.24. The smallest absolute Gasteiger partial charge is 0.239 e. The maximum absolute atomic E-state index is 11.9. The third kappa shape index (κ3) is 3.22. The fourth-order valence-electron chi connectivity index (χ4n) is 3.23. The van der Waals surface area contributed by atoms with Gasteiger partial charge in [0.25, 0.3) is 0 Å². The number of amidine groups is 1. The zero-order chi connectivity index (χ0) is 17.9. The number of nitrogens with zero attached hydrogens (tertiary/aromatic N) is 2. The molecule has 0 radical (unpaired) electrons. The average molecular weight is 361 g/mol. The Morgan fingerprint density at radius 3 is 2.38 bits per heavy atom. The number of amides is 1. The summed E-state index contributed by atoms with van der Waals surface area (Å²) in [7, 11) is 0. The summed E-state index contributed by atoms with van der Waals surface area (Å²) < 4.78 is 0. The Kier molecular flexibility index (Phi) is 4.71. The van der Waals surface area contributed by atoms with Gasteiger partial charge in [0.05, 0.1) is 11.5 Å². The molecule has 26 heavy (non-hydrogen) atoms. The fourth-order valence-corrected chi connectivity index (χ4v) is 4.27. The molecule has 3 aromatic rings. The van der Waals surface area contributed by atoms with Gasteiger partial charge in [-0.1, -0.05) is 73.6 Å². The molecule has 1 amide bonds. The second-order valence-electron chi connectivity index (χ2n) is 6.27. The van der Waals surface area contributed by atoms with E-state index in [-0.39, 0.29) is 11.2 Å². The molecule has 4 nitrogen and oxygen atoms in total. The number of hydrogen-bond donors (Lipinski definition) is 1. The summed E-state index contributed by atoms with van der Waals surface area (Å²) in [5.74, 6) is 0.0291. The van der Waals surface area contributed by atoms with Crippen LogP contribution >= 0.6 is 11.8 Å². The molecule has 1 fully saturated rings. The van der Waals surface area contributed by atoms with Crippen LogP contribution in [0.1, 0.15) is 25.3 Å². The fraction of sp³-hybridized carbons (Fsp3) is 0.190. The van der Waals surface area contributed by atoms with E-state index in [1.54, 1.807) is 6.21 Å². The van der Waals surface area contributed by atoms with Crippen molar-refractivity contribution in [1.82, 2.24) is 5.32 Å². The van der Waals surface area contributed by atoms with Crippen LogP contribution in [0.3, 0.4) is 0 Å². The van der Waals surface area contributed by atoms with Crippen molar-refractivity contribution in [3.05, 3.63) is 60.2 Å². The van der Waals surface area contributed by atoms with Crippen LogP contribution in [-0.2, 0) is 4.79 Å². The summed E-state index contributed by atoms with van der Waals surface area (Å²) in [4.78, 5) is 11.9. The minimum absolute atomic E-state index is 0.0291. The summed E-state index contributed by atoms with van der Waals surface area (Å²) >= 11 is 1.46. The Morgan fingerprint density at radius 2 is 1.73 bits per heavy atom. The van der Waals surface area contributed by atoms with Gasteiger partial charge >= 0.3 is 0 Å². The molecule has 0 saturated carbocycles. The molecule has 1 aliphatic heterocycles. The van der Waals surface area contributed by atoms with Crippen LogP contribution in [0.25, 0.3) is 21.5 Å².